The van der Waals surface area contributed by atoms with Crippen LogP contribution in [0.15, 0.2) is 18.2 Å². The number of rotatable bonds is 5. The van der Waals surface area contributed by atoms with Gasteiger partial charge in [-0.15, -0.1) is 0 Å². The molecule has 10 heteroatoms. The fourth-order valence-electron chi connectivity index (χ4n) is 1.21. The molecule has 0 radical (unpaired) electrons. The van der Waals surface area contributed by atoms with E-state index >= 15 is 0 Å². The van der Waals surface area contributed by atoms with E-state index in [1.165, 1.54) is 0 Å². The van der Waals surface area contributed by atoms with E-state index in [0.717, 1.165) is 25.3 Å². The predicted molar refractivity (Wildman–Crippen MR) is 59.1 cm³/mol. The lowest BCUT2D eigenvalue weighted by atomic mass is 10.2. The molecule has 0 heterocycles. The average molecular weight is 294 g/mol. The summed E-state index contributed by atoms with van der Waals surface area (Å²) in [5, 5.41) is 10.6. The number of hydrogen-bond acceptors (Lipinski definition) is 5. The van der Waals surface area contributed by atoms with E-state index in [1.807, 2.05) is 0 Å². The minimum atomic E-state index is -4.58. The normalized spacial score (nSPS) is 11.0. The van der Waals surface area contributed by atoms with E-state index in [2.05, 4.69) is 4.84 Å². The zero-order valence-corrected chi connectivity index (χ0v) is 10.1. The Balaban J connectivity index is 2.77. The Labute approximate surface area is 110 Å². The molecule has 0 saturated heterocycles. The molecule has 0 aliphatic carbocycles. The van der Waals surface area contributed by atoms with Crippen molar-refractivity contribution in [3.63, 3.8) is 0 Å². The first-order valence-electron chi connectivity index (χ1n) is 5.06. The Morgan fingerprint density at radius 2 is 2.10 bits per heavy atom. The Kier molecular flexibility index (Phi) is 4.86. The van der Waals surface area contributed by atoms with Crippen molar-refractivity contribution in [2.45, 2.75) is 6.18 Å². The van der Waals surface area contributed by atoms with Crippen LogP contribution < -0.4 is 10.2 Å². The maximum Gasteiger partial charge on any atom is 0.414 e. The van der Waals surface area contributed by atoms with Crippen LogP contribution in [0.5, 0.6) is 5.75 Å². The number of nitro groups is 1. The molecule has 0 unspecified atom stereocenters. The maximum atomic E-state index is 11.8. The molecule has 1 N–H and O–H groups in total. The quantitative estimate of drug-likeness (QED) is 0.660. The Bertz CT molecular complexity index is 518. The summed E-state index contributed by atoms with van der Waals surface area (Å²) in [5.74, 6) is -1.18. The van der Waals surface area contributed by atoms with Gasteiger partial charge in [0.05, 0.1) is 12.0 Å². The molecular weight excluding hydrogens is 285 g/mol. The van der Waals surface area contributed by atoms with Gasteiger partial charge in [-0.05, 0) is 6.07 Å². The Hall–Kier alpha value is -2.36. The highest BCUT2D eigenvalue weighted by Crippen LogP contribution is 2.27. The second-order valence-electron chi connectivity index (χ2n) is 3.48. The lowest BCUT2D eigenvalue weighted by Crippen LogP contribution is -2.29. The van der Waals surface area contributed by atoms with Gasteiger partial charge < -0.3 is 4.74 Å². The van der Waals surface area contributed by atoms with E-state index in [9.17, 15) is 28.1 Å². The lowest BCUT2D eigenvalue weighted by molar-refractivity contribution is -0.385. The van der Waals surface area contributed by atoms with E-state index in [4.69, 9.17) is 4.74 Å². The topological polar surface area (TPSA) is 90.7 Å². The molecule has 0 aliphatic heterocycles. The van der Waals surface area contributed by atoms with Crippen LogP contribution in [0, 0.1) is 10.1 Å². The van der Waals surface area contributed by atoms with Crippen LogP contribution in [0.2, 0.25) is 0 Å². The van der Waals surface area contributed by atoms with Crippen molar-refractivity contribution in [2.75, 3.05) is 13.7 Å². The number of halogens is 3. The number of carbonyl (C=O) groups excluding carboxylic acids is 1. The summed E-state index contributed by atoms with van der Waals surface area (Å²) in [5.41, 5.74) is 1.05. The summed E-state index contributed by atoms with van der Waals surface area (Å²) in [7, 11) is 1.16. The third-order valence-corrected chi connectivity index (χ3v) is 2.04. The SMILES string of the molecule is COc1cc(C(=O)NOCC(F)(F)F)ccc1[N+](=O)[O-]. The summed E-state index contributed by atoms with van der Waals surface area (Å²) >= 11 is 0. The van der Waals surface area contributed by atoms with Gasteiger partial charge in [-0.3, -0.25) is 19.7 Å². The molecular formula is C10H9F3N2O5. The third-order valence-electron chi connectivity index (χ3n) is 2.04. The van der Waals surface area contributed by atoms with Crippen LogP contribution in [0.4, 0.5) is 18.9 Å². The largest absolute Gasteiger partial charge is 0.490 e. The summed E-state index contributed by atoms with van der Waals surface area (Å²) in [6.45, 7) is -1.65. The smallest absolute Gasteiger partial charge is 0.414 e. The number of hydrogen-bond donors (Lipinski definition) is 1. The van der Waals surface area contributed by atoms with Gasteiger partial charge >= 0.3 is 11.9 Å². The summed E-state index contributed by atoms with van der Waals surface area (Å²) in [4.78, 5) is 25.3. The number of benzene rings is 1. The van der Waals surface area contributed by atoms with Crippen LogP contribution >= 0.6 is 0 Å². The van der Waals surface area contributed by atoms with Gasteiger partial charge in [-0.2, -0.15) is 13.2 Å². The highest BCUT2D eigenvalue weighted by Gasteiger charge is 2.28. The summed E-state index contributed by atoms with van der Waals surface area (Å²) in [6, 6.07) is 3.08. The van der Waals surface area contributed by atoms with Crippen LogP contribution in [-0.4, -0.2) is 30.7 Å². The summed E-state index contributed by atoms with van der Waals surface area (Å²) < 4.78 is 40.1. The molecule has 0 spiro atoms. The number of hydroxylamine groups is 1. The zero-order chi connectivity index (χ0) is 15.3. The molecule has 0 atom stereocenters. The standard InChI is InChI=1S/C10H9F3N2O5/c1-19-8-4-6(2-3-7(8)15(17)18)9(16)14-20-5-10(11,12)13/h2-4H,5H2,1H3,(H,14,16). The monoisotopic (exact) mass is 294 g/mol. The number of nitrogens with one attached hydrogen (secondary N) is 1. The van der Waals surface area contributed by atoms with Gasteiger partial charge in [0.1, 0.15) is 0 Å². The average Bonchev–Trinajstić information content (AvgIpc) is 2.36. The van der Waals surface area contributed by atoms with E-state index in [0.29, 0.717) is 0 Å². The predicted octanol–water partition coefficient (Wildman–Crippen LogP) is 1.83. The maximum absolute atomic E-state index is 11.8. The van der Waals surface area contributed by atoms with Gasteiger partial charge in [-0.1, -0.05) is 0 Å². The molecule has 1 aromatic rings. The zero-order valence-electron chi connectivity index (χ0n) is 10.1. The molecule has 1 aromatic carbocycles. The van der Waals surface area contributed by atoms with Gasteiger partial charge in [0.2, 0.25) is 0 Å². The minimum absolute atomic E-state index is 0.144. The molecule has 0 bridgehead atoms. The van der Waals surface area contributed by atoms with Crippen molar-refractivity contribution in [3.05, 3.63) is 33.9 Å². The highest BCUT2D eigenvalue weighted by atomic mass is 19.4. The Morgan fingerprint density at radius 3 is 2.60 bits per heavy atom. The van der Waals surface area contributed by atoms with E-state index in [1.54, 1.807) is 5.48 Å². The van der Waals surface area contributed by atoms with Crippen molar-refractivity contribution in [1.29, 1.82) is 0 Å². The van der Waals surface area contributed by atoms with Gasteiger partial charge in [0, 0.05) is 17.7 Å². The fourth-order valence-corrected chi connectivity index (χ4v) is 1.21. The molecule has 1 rings (SSSR count). The van der Waals surface area contributed by atoms with Gasteiger partial charge in [-0.25, -0.2) is 5.48 Å². The van der Waals surface area contributed by atoms with Crippen molar-refractivity contribution in [2.24, 2.45) is 0 Å². The van der Waals surface area contributed by atoms with E-state index in [-0.39, 0.29) is 17.0 Å². The molecule has 7 nitrogen and oxygen atoms in total. The van der Waals surface area contributed by atoms with Crippen LogP contribution in [0.1, 0.15) is 10.4 Å². The number of carbonyl (C=O) groups is 1. The fraction of sp³-hybridized carbons (Fsp3) is 0.300. The van der Waals surface area contributed by atoms with Crippen molar-refractivity contribution in [3.8, 4) is 5.75 Å². The second kappa shape index (κ2) is 6.19. The van der Waals surface area contributed by atoms with Crippen molar-refractivity contribution >= 4 is 11.6 Å². The molecule has 110 valence electrons. The second-order valence-corrected chi connectivity index (χ2v) is 3.48. The molecule has 1 amide bonds. The van der Waals surface area contributed by atoms with Crippen molar-refractivity contribution in [1.82, 2.24) is 5.48 Å². The first-order chi connectivity index (χ1) is 9.24. The van der Waals surface area contributed by atoms with Crippen LogP contribution in [0.25, 0.3) is 0 Å². The molecule has 0 fully saturated rings. The molecule has 0 aliphatic rings. The van der Waals surface area contributed by atoms with Crippen molar-refractivity contribution < 1.29 is 32.5 Å². The molecule has 0 saturated carbocycles. The molecule has 0 aromatic heterocycles. The highest BCUT2D eigenvalue weighted by molar-refractivity contribution is 5.94. The number of alkyl halides is 3. The van der Waals surface area contributed by atoms with Gasteiger partial charge in [0.25, 0.3) is 5.91 Å². The first kappa shape index (κ1) is 15.7. The van der Waals surface area contributed by atoms with Crippen LogP contribution in [0.3, 0.4) is 0 Å². The lowest BCUT2D eigenvalue weighted by Gasteiger charge is -2.09. The number of amides is 1. The number of ether oxygens (including phenoxy) is 1. The Morgan fingerprint density at radius 1 is 1.45 bits per heavy atom. The number of nitrogens with zero attached hydrogens (tertiary/aromatic N) is 1. The summed E-state index contributed by atoms with van der Waals surface area (Å²) in [6.07, 6.45) is -4.58. The van der Waals surface area contributed by atoms with Crippen LogP contribution in [-0.2, 0) is 4.84 Å². The third kappa shape index (κ3) is 4.39. The first-order valence-corrected chi connectivity index (χ1v) is 5.06. The number of nitro benzene ring substituents is 1. The van der Waals surface area contributed by atoms with E-state index < -0.39 is 23.6 Å². The number of methoxy groups -OCH3 is 1. The van der Waals surface area contributed by atoms with Gasteiger partial charge in [0.15, 0.2) is 12.4 Å². The molecule has 20 heavy (non-hydrogen) atoms. The minimum Gasteiger partial charge on any atom is -0.490 e.